The van der Waals surface area contributed by atoms with Gasteiger partial charge < -0.3 is 10.2 Å². The van der Waals surface area contributed by atoms with Gasteiger partial charge in [-0.25, -0.2) is 0 Å². The highest BCUT2D eigenvalue weighted by molar-refractivity contribution is 5.53. The van der Waals surface area contributed by atoms with Gasteiger partial charge in [-0.1, -0.05) is 0 Å². The molecule has 3 heteroatoms. The predicted octanol–water partition coefficient (Wildman–Crippen LogP) is 2.75. The highest BCUT2D eigenvalue weighted by Gasteiger charge is 2.26. The maximum absolute atomic E-state index is 4.18. The van der Waals surface area contributed by atoms with Crippen molar-refractivity contribution in [3.63, 3.8) is 0 Å². The van der Waals surface area contributed by atoms with Gasteiger partial charge in [0.1, 0.15) is 0 Å². The van der Waals surface area contributed by atoms with Crippen molar-refractivity contribution in [2.75, 3.05) is 18.0 Å². The van der Waals surface area contributed by atoms with Gasteiger partial charge in [0, 0.05) is 42.8 Å². The molecule has 0 spiro atoms. The Morgan fingerprint density at radius 1 is 1.44 bits per heavy atom. The topological polar surface area (TPSA) is 28.2 Å². The van der Waals surface area contributed by atoms with Gasteiger partial charge >= 0.3 is 0 Å². The Balaban J connectivity index is 2.06. The van der Waals surface area contributed by atoms with Crippen LogP contribution in [0, 0.1) is 6.92 Å². The molecule has 0 aromatic carbocycles. The number of aromatic nitrogens is 1. The molecule has 100 valence electrons. The standard InChI is InChI=1S/C15H25N3/c1-12-10-16-8-7-14(12)18-9-5-6-13(18)11-17-15(2,3)4/h7-8,10,13,17H,5-6,9,11H2,1-4H3. The van der Waals surface area contributed by atoms with Crippen molar-refractivity contribution in [3.05, 3.63) is 24.0 Å². The van der Waals surface area contributed by atoms with Crippen LogP contribution in [0.3, 0.4) is 0 Å². The molecule has 2 heterocycles. The number of rotatable bonds is 3. The lowest BCUT2D eigenvalue weighted by Gasteiger charge is -2.31. The summed E-state index contributed by atoms with van der Waals surface area (Å²) in [5, 5.41) is 3.63. The molecule has 0 radical (unpaired) electrons. The second kappa shape index (κ2) is 5.27. The Labute approximate surface area is 111 Å². The lowest BCUT2D eigenvalue weighted by Crippen LogP contribution is -2.45. The largest absolute Gasteiger partial charge is 0.367 e. The maximum Gasteiger partial charge on any atom is 0.0429 e. The summed E-state index contributed by atoms with van der Waals surface area (Å²) in [6, 6.07) is 2.76. The molecule has 0 aliphatic carbocycles. The third kappa shape index (κ3) is 3.22. The summed E-state index contributed by atoms with van der Waals surface area (Å²) in [6.45, 7) is 11.1. The number of aryl methyl sites for hydroxylation is 1. The van der Waals surface area contributed by atoms with Gasteiger partial charge in [0.15, 0.2) is 0 Å². The number of hydrogen-bond donors (Lipinski definition) is 1. The molecule has 1 atom stereocenters. The van der Waals surface area contributed by atoms with E-state index in [-0.39, 0.29) is 5.54 Å². The fraction of sp³-hybridized carbons (Fsp3) is 0.667. The van der Waals surface area contributed by atoms with Crippen molar-refractivity contribution in [2.45, 2.75) is 52.1 Å². The van der Waals surface area contributed by atoms with Crippen molar-refractivity contribution < 1.29 is 0 Å². The molecule has 1 aliphatic heterocycles. The normalized spacial score (nSPS) is 20.4. The Morgan fingerprint density at radius 2 is 2.22 bits per heavy atom. The number of hydrogen-bond acceptors (Lipinski definition) is 3. The zero-order valence-electron chi connectivity index (χ0n) is 12.0. The van der Waals surface area contributed by atoms with Gasteiger partial charge in [-0.3, -0.25) is 4.98 Å². The van der Waals surface area contributed by atoms with E-state index in [1.807, 2.05) is 12.4 Å². The molecule has 2 rings (SSSR count). The van der Waals surface area contributed by atoms with Crippen LogP contribution in [0.15, 0.2) is 18.5 Å². The first-order valence-corrected chi connectivity index (χ1v) is 6.90. The van der Waals surface area contributed by atoms with Gasteiger partial charge in [0.05, 0.1) is 0 Å². The number of nitrogens with one attached hydrogen (secondary N) is 1. The third-order valence-corrected chi connectivity index (χ3v) is 3.55. The van der Waals surface area contributed by atoms with Gasteiger partial charge in [-0.05, 0) is 52.2 Å². The molecule has 1 unspecified atom stereocenters. The van der Waals surface area contributed by atoms with Crippen LogP contribution >= 0.6 is 0 Å². The number of nitrogens with zero attached hydrogens (tertiary/aromatic N) is 2. The second-order valence-corrected chi connectivity index (χ2v) is 6.28. The molecule has 1 aromatic rings. The van der Waals surface area contributed by atoms with Crippen LogP contribution in [0.2, 0.25) is 0 Å². The van der Waals surface area contributed by atoms with E-state index in [4.69, 9.17) is 0 Å². The van der Waals surface area contributed by atoms with E-state index < -0.39 is 0 Å². The van der Waals surface area contributed by atoms with Gasteiger partial charge in [0.2, 0.25) is 0 Å². The average molecular weight is 247 g/mol. The van der Waals surface area contributed by atoms with E-state index in [9.17, 15) is 0 Å². The zero-order chi connectivity index (χ0) is 13.2. The number of anilines is 1. The van der Waals surface area contributed by atoms with Crippen LogP contribution in [0.5, 0.6) is 0 Å². The molecule has 1 N–H and O–H groups in total. The summed E-state index contributed by atoms with van der Waals surface area (Å²) in [4.78, 5) is 6.72. The van der Waals surface area contributed by atoms with Crippen LogP contribution < -0.4 is 10.2 Å². The summed E-state index contributed by atoms with van der Waals surface area (Å²) in [5.74, 6) is 0. The molecule has 1 aliphatic rings. The van der Waals surface area contributed by atoms with E-state index >= 15 is 0 Å². The highest BCUT2D eigenvalue weighted by Crippen LogP contribution is 2.27. The quantitative estimate of drug-likeness (QED) is 0.890. The first kappa shape index (κ1) is 13.3. The first-order chi connectivity index (χ1) is 8.47. The van der Waals surface area contributed by atoms with Crippen molar-refractivity contribution in [1.29, 1.82) is 0 Å². The van der Waals surface area contributed by atoms with E-state index in [0.717, 1.165) is 6.54 Å². The lowest BCUT2D eigenvalue weighted by molar-refractivity contribution is 0.405. The minimum absolute atomic E-state index is 0.196. The van der Waals surface area contributed by atoms with Crippen molar-refractivity contribution in [3.8, 4) is 0 Å². The third-order valence-electron chi connectivity index (χ3n) is 3.55. The average Bonchev–Trinajstić information content (AvgIpc) is 2.74. The summed E-state index contributed by atoms with van der Waals surface area (Å²) in [6.07, 6.45) is 6.43. The predicted molar refractivity (Wildman–Crippen MR) is 77.1 cm³/mol. The van der Waals surface area contributed by atoms with E-state index in [1.54, 1.807) is 0 Å². The summed E-state index contributed by atoms with van der Waals surface area (Å²) < 4.78 is 0. The van der Waals surface area contributed by atoms with Crippen molar-refractivity contribution in [2.24, 2.45) is 0 Å². The van der Waals surface area contributed by atoms with E-state index in [1.165, 1.54) is 30.6 Å². The van der Waals surface area contributed by atoms with E-state index in [2.05, 4.69) is 49.0 Å². The Kier molecular flexibility index (Phi) is 3.91. The first-order valence-electron chi connectivity index (χ1n) is 6.90. The van der Waals surface area contributed by atoms with Crippen LogP contribution in [0.25, 0.3) is 0 Å². The fourth-order valence-corrected chi connectivity index (χ4v) is 2.58. The van der Waals surface area contributed by atoms with Crippen LogP contribution in [-0.2, 0) is 0 Å². The summed E-state index contributed by atoms with van der Waals surface area (Å²) in [5.41, 5.74) is 2.82. The lowest BCUT2D eigenvalue weighted by atomic mass is 10.1. The number of pyridine rings is 1. The van der Waals surface area contributed by atoms with Crippen molar-refractivity contribution >= 4 is 5.69 Å². The van der Waals surface area contributed by atoms with Gasteiger partial charge in [-0.15, -0.1) is 0 Å². The smallest absolute Gasteiger partial charge is 0.0429 e. The summed E-state index contributed by atoms with van der Waals surface area (Å²) >= 11 is 0. The Morgan fingerprint density at radius 3 is 2.89 bits per heavy atom. The molecule has 1 aromatic heterocycles. The molecule has 0 saturated carbocycles. The Bertz CT molecular complexity index is 395. The second-order valence-electron chi connectivity index (χ2n) is 6.28. The fourth-order valence-electron chi connectivity index (χ4n) is 2.58. The molecular formula is C15H25N3. The molecule has 3 nitrogen and oxygen atoms in total. The van der Waals surface area contributed by atoms with Gasteiger partial charge in [0.25, 0.3) is 0 Å². The monoisotopic (exact) mass is 247 g/mol. The zero-order valence-corrected chi connectivity index (χ0v) is 12.0. The molecule has 0 amide bonds. The minimum Gasteiger partial charge on any atom is -0.367 e. The SMILES string of the molecule is Cc1cnccc1N1CCCC1CNC(C)(C)C. The molecule has 1 saturated heterocycles. The van der Waals surface area contributed by atoms with Gasteiger partial charge in [-0.2, -0.15) is 0 Å². The minimum atomic E-state index is 0.196. The molecule has 0 bridgehead atoms. The van der Waals surface area contributed by atoms with Crippen LogP contribution in [0.1, 0.15) is 39.2 Å². The van der Waals surface area contributed by atoms with Crippen LogP contribution in [-0.4, -0.2) is 29.7 Å². The highest BCUT2D eigenvalue weighted by atomic mass is 15.2. The van der Waals surface area contributed by atoms with Crippen LogP contribution in [0.4, 0.5) is 5.69 Å². The summed E-state index contributed by atoms with van der Waals surface area (Å²) in [7, 11) is 0. The van der Waals surface area contributed by atoms with E-state index in [0.29, 0.717) is 6.04 Å². The maximum atomic E-state index is 4.18. The van der Waals surface area contributed by atoms with Crippen molar-refractivity contribution in [1.82, 2.24) is 10.3 Å². The molecule has 18 heavy (non-hydrogen) atoms. The Hall–Kier alpha value is -1.09. The molecular weight excluding hydrogens is 222 g/mol. The molecule has 1 fully saturated rings.